The Bertz CT molecular complexity index is 785. The van der Waals surface area contributed by atoms with Crippen molar-refractivity contribution < 1.29 is 19.1 Å². The van der Waals surface area contributed by atoms with E-state index in [1.165, 1.54) is 4.90 Å². The zero-order valence-corrected chi connectivity index (χ0v) is 17.9. The van der Waals surface area contributed by atoms with Crippen LogP contribution in [0.15, 0.2) is 35.5 Å². The fraction of sp³-hybridized carbons (Fsp3) is 0.522. The molecule has 0 aliphatic carbocycles. The number of ether oxygens (including phenoxy) is 1. The molecule has 6 nitrogen and oxygen atoms in total. The number of unbranched alkanes of at least 4 members (excludes halogenated alkanes) is 2. The average Bonchev–Trinajstić information content (AvgIpc) is 2.68. The van der Waals surface area contributed by atoms with Crippen LogP contribution >= 0.6 is 0 Å². The molecule has 1 aliphatic rings. The van der Waals surface area contributed by atoms with E-state index in [-0.39, 0.29) is 37.3 Å². The van der Waals surface area contributed by atoms with Crippen LogP contribution in [-0.4, -0.2) is 42.4 Å². The summed E-state index contributed by atoms with van der Waals surface area (Å²) >= 11 is 0. The fourth-order valence-corrected chi connectivity index (χ4v) is 3.65. The van der Waals surface area contributed by atoms with Gasteiger partial charge in [0, 0.05) is 24.6 Å². The molecule has 29 heavy (non-hydrogen) atoms. The van der Waals surface area contributed by atoms with Gasteiger partial charge >= 0.3 is 5.97 Å². The minimum atomic E-state index is -0.433. The maximum atomic E-state index is 12.9. The molecule has 0 unspecified atom stereocenters. The minimum absolute atomic E-state index is 0.0831. The minimum Gasteiger partial charge on any atom is -0.463 e. The van der Waals surface area contributed by atoms with Crippen LogP contribution in [0.5, 0.6) is 0 Å². The summed E-state index contributed by atoms with van der Waals surface area (Å²) in [5, 5.41) is 2.85. The van der Waals surface area contributed by atoms with Crippen molar-refractivity contribution >= 4 is 17.8 Å². The smallest absolute Gasteiger partial charge is 0.336 e. The number of amides is 2. The summed E-state index contributed by atoms with van der Waals surface area (Å²) in [7, 11) is 0. The topological polar surface area (TPSA) is 75.7 Å². The van der Waals surface area contributed by atoms with Crippen molar-refractivity contribution in [1.29, 1.82) is 0 Å². The van der Waals surface area contributed by atoms with Gasteiger partial charge in [-0.2, -0.15) is 0 Å². The fourth-order valence-electron chi connectivity index (χ4n) is 3.65. The van der Waals surface area contributed by atoms with Crippen LogP contribution in [0, 0.1) is 6.92 Å². The molecule has 0 bridgehead atoms. The van der Waals surface area contributed by atoms with Gasteiger partial charge in [0.2, 0.25) is 11.8 Å². The summed E-state index contributed by atoms with van der Waals surface area (Å²) in [4.78, 5) is 39.3. The van der Waals surface area contributed by atoms with Crippen molar-refractivity contribution in [2.24, 2.45) is 0 Å². The van der Waals surface area contributed by atoms with Crippen LogP contribution in [0.2, 0.25) is 0 Å². The Morgan fingerprint density at radius 2 is 1.97 bits per heavy atom. The first kappa shape index (κ1) is 22.7. The second-order valence-corrected chi connectivity index (χ2v) is 7.43. The van der Waals surface area contributed by atoms with Gasteiger partial charge in [-0.25, -0.2) is 4.79 Å². The first-order chi connectivity index (χ1) is 13.9. The van der Waals surface area contributed by atoms with Crippen LogP contribution in [0.25, 0.3) is 0 Å². The lowest BCUT2D eigenvalue weighted by atomic mass is 9.83. The molecule has 2 amide bonds. The molecule has 158 valence electrons. The number of hydrogen-bond donors (Lipinski definition) is 1. The Labute approximate surface area is 173 Å². The largest absolute Gasteiger partial charge is 0.463 e. The number of allylic oxidation sites excluding steroid dienone is 1. The Balaban J connectivity index is 2.29. The van der Waals surface area contributed by atoms with Gasteiger partial charge < -0.3 is 15.0 Å². The summed E-state index contributed by atoms with van der Waals surface area (Å²) in [6.45, 7) is 8.31. The van der Waals surface area contributed by atoms with Crippen molar-refractivity contribution in [2.75, 3.05) is 19.7 Å². The van der Waals surface area contributed by atoms with Crippen LogP contribution in [0.1, 0.15) is 63.5 Å². The third-order valence-corrected chi connectivity index (χ3v) is 5.17. The van der Waals surface area contributed by atoms with Gasteiger partial charge in [0.25, 0.3) is 0 Å². The number of esters is 1. The van der Waals surface area contributed by atoms with Crippen molar-refractivity contribution in [3.8, 4) is 0 Å². The maximum absolute atomic E-state index is 12.9. The monoisotopic (exact) mass is 400 g/mol. The van der Waals surface area contributed by atoms with E-state index < -0.39 is 5.97 Å². The third-order valence-electron chi connectivity index (χ3n) is 5.17. The molecule has 0 radical (unpaired) electrons. The highest BCUT2D eigenvalue weighted by Crippen LogP contribution is 2.37. The van der Waals surface area contributed by atoms with Gasteiger partial charge in [-0.3, -0.25) is 9.59 Å². The van der Waals surface area contributed by atoms with E-state index in [1.54, 1.807) is 13.8 Å². The van der Waals surface area contributed by atoms with Crippen LogP contribution in [0.4, 0.5) is 0 Å². The quantitative estimate of drug-likeness (QED) is 0.509. The van der Waals surface area contributed by atoms with Gasteiger partial charge in [-0.05, 0) is 32.8 Å². The number of hydrogen-bond acceptors (Lipinski definition) is 4. The SMILES string of the molecule is CCCCCNC(=O)CN1C(=O)C[C@@H](c2cccc(C)c2)C(C(=O)OCC)=C1C. The Morgan fingerprint density at radius 1 is 1.21 bits per heavy atom. The molecule has 1 heterocycles. The van der Waals surface area contributed by atoms with E-state index in [0.717, 1.165) is 30.4 Å². The van der Waals surface area contributed by atoms with E-state index >= 15 is 0 Å². The third kappa shape index (κ3) is 5.92. The van der Waals surface area contributed by atoms with E-state index in [2.05, 4.69) is 12.2 Å². The number of carbonyl (C=O) groups is 3. The van der Waals surface area contributed by atoms with Gasteiger partial charge in [0.15, 0.2) is 0 Å². The van der Waals surface area contributed by atoms with Gasteiger partial charge in [0.1, 0.15) is 6.54 Å². The number of nitrogens with one attached hydrogen (secondary N) is 1. The first-order valence-corrected chi connectivity index (χ1v) is 10.4. The lowest BCUT2D eigenvalue weighted by Crippen LogP contribution is -2.44. The van der Waals surface area contributed by atoms with Crippen LogP contribution < -0.4 is 5.32 Å². The predicted molar refractivity (Wildman–Crippen MR) is 112 cm³/mol. The zero-order valence-electron chi connectivity index (χ0n) is 17.9. The number of rotatable bonds is 9. The second kappa shape index (κ2) is 10.8. The van der Waals surface area contributed by atoms with Crippen LogP contribution in [-0.2, 0) is 19.1 Å². The molecular formula is C23H32N2O4. The summed E-state index contributed by atoms with van der Waals surface area (Å²) in [5.74, 6) is -1.18. The molecule has 0 aromatic heterocycles. The highest BCUT2D eigenvalue weighted by Gasteiger charge is 2.37. The molecule has 1 aliphatic heterocycles. The van der Waals surface area contributed by atoms with Crippen molar-refractivity contribution in [3.63, 3.8) is 0 Å². The molecule has 1 aromatic carbocycles. The molecule has 0 saturated heterocycles. The lowest BCUT2D eigenvalue weighted by Gasteiger charge is -2.34. The summed E-state index contributed by atoms with van der Waals surface area (Å²) < 4.78 is 5.28. The van der Waals surface area contributed by atoms with Crippen molar-refractivity contribution in [3.05, 3.63) is 46.7 Å². The molecule has 0 spiro atoms. The number of aryl methyl sites for hydroxylation is 1. The van der Waals surface area contributed by atoms with Gasteiger partial charge in [-0.15, -0.1) is 0 Å². The molecule has 1 atom stereocenters. The van der Waals surface area contributed by atoms with E-state index in [9.17, 15) is 14.4 Å². The zero-order chi connectivity index (χ0) is 21.4. The summed E-state index contributed by atoms with van der Waals surface area (Å²) in [6, 6.07) is 7.81. The standard InChI is InChI=1S/C23H32N2O4/c1-5-7-8-12-24-20(26)15-25-17(4)22(23(28)29-6-2)19(14-21(25)27)18-11-9-10-16(3)13-18/h9-11,13,19H,5-8,12,14-15H2,1-4H3,(H,24,26)/t19-/m0/s1. The molecule has 2 rings (SSSR count). The lowest BCUT2D eigenvalue weighted by molar-refractivity contribution is -0.141. The Kier molecular flexibility index (Phi) is 8.43. The van der Waals surface area contributed by atoms with E-state index in [1.807, 2.05) is 31.2 Å². The van der Waals surface area contributed by atoms with Crippen molar-refractivity contribution in [2.45, 2.75) is 59.3 Å². The van der Waals surface area contributed by atoms with Gasteiger partial charge in [-0.1, -0.05) is 49.6 Å². The molecular weight excluding hydrogens is 368 g/mol. The van der Waals surface area contributed by atoms with Gasteiger partial charge in [0.05, 0.1) is 12.2 Å². The molecule has 0 fully saturated rings. The predicted octanol–water partition coefficient (Wildman–Crippen LogP) is 3.45. The second-order valence-electron chi connectivity index (χ2n) is 7.43. The van der Waals surface area contributed by atoms with Crippen LogP contribution in [0.3, 0.4) is 0 Å². The average molecular weight is 401 g/mol. The maximum Gasteiger partial charge on any atom is 0.336 e. The number of benzene rings is 1. The molecule has 1 N–H and O–H groups in total. The van der Waals surface area contributed by atoms with E-state index in [4.69, 9.17) is 4.74 Å². The Hall–Kier alpha value is -2.63. The van der Waals surface area contributed by atoms with Crippen molar-refractivity contribution in [1.82, 2.24) is 10.2 Å². The Morgan fingerprint density at radius 3 is 2.62 bits per heavy atom. The molecule has 0 saturated carbocycles. The molecule has 6 heteroatoms. The number of carbonyl (C=O) groups excluding carboxylic acids is 3. The highest BCUT2D eigenvalue weighted by molar-refractivity contribution is 5.97. The highest BCUT2D eigenvalue weighted by atomic mass is 16.5. The molecule has 1 aromatic rings. The first-order valence-electron chi connectivity index (χ1n) is 10.4. The normalized spacial score (nSPS) is 16.8. The summed E-state index contributed by atoms with van der Waals surface area (Å²) in [5.41, 5.74) is 2.92. The number of nitrogens with zero attached hydrogens (tertiary/aromatic N) is 1. The van der Waals surface area contributed by atoms with E-state index in [0.29, 0.717) is 17.8 Å². The summed E-state index contributed by atoms with van der Waals surface area (Å²) in [6.07, 6.45) is 3.17.